The molecule has 0 saturated carbocycles. The molecule has 0 aliphatic carbocycles. The maximum absolute atomic E-state index is 6.30. The van der Waals surface area contributed by atoms with Gasteiger partial charge >= 0.3 is 0 Å². The fraction of sp³-hybridized carbons (Fsp3) is 0.333. The number of thiazole rings is 1. The fourth-order valence-corrected chi connectivity index (χ4v) is 4.80. The zero-order chi connectivity index (χ0) is 19.8. The third kappa shape index (κ3) is 3.83. The molecule has 0 unspecified atom stereocenters. The van der Waals surface area contributed by atoms with E-state index < -0.39 is 0 Å². The number of para-hydroxylation sites is 1. The number of pyridine rings is 1. The third-order valence-electron chi connectivity index (χ3n) is 5.21. The van der Waals surface area contributed by atoms with Gasteiger partial charge in [0.25, 0.3) is 0 Å². The van der Waals surface area contributed by atoms with Gasteiger partial charge in [-0.3, -0.25) is 0 Å². The molecule has 8 heteroatoms. The van der Waals surface area contributed by atoms with Crippen molar-refractivity contribution < 1.29 is 9.47 Å². The molecule has 2 aromatic heterocycles. The second-order valence-corrected chi connectivity index (χ2v) is 8.68. The van der Waals surface area contributed by atoms with Crippen molar-refractivity contribution in [3.63, 3.8) is 0 Å². The predicted molar refractivity (Wildman–Crippen MR) is 118 cm³/mol. The number of ether oxygens (including phenoxy) is 2. The Balaban J connectivity index is 1.49. The number of nitrogens with zero attached hydrogens (tertiary/aromatic N) is 4. The Morgan fingerprint density at radius 3 is 2.76 bits per heavy atom. The van der Waals surface area contributed by atoms with E-state index in [1.807, 2.05) is 18.2 Å². The molecule has 1 saturated heterocycles. The van der Waals surface area contributed by atoms with Gasteiger partial charge in [0.05, 0.1) is 16.3 Å². The van der Waals surface area contributed by atoms with Crippen LogP contribution in [0.15, 0.2) is 30.3 Å². The minimum atomic E-state index is 0.162. The van der Waals surface area contributed by atoms with Crippen molar-refractivity contribution in [1.82, 2.24) is 14.9 Å². The van der Waals surface area contributed by atoms with Crippen LogP contribution in [0.5, 0.6) is 5.88 Å². The Labute approximate surface area is 178 Å². The van der Waals surface area contributed by atoms with E-state index in [2.05, 4.69) is 35.1 Å². The van der Waals surface area contributed by atoms with Gasteiger partial charge < -0.3 is 19.3 Å². The summed E-state index contributed by atoms with van der Waals surface area (Å²) < 4.78 is 12.6. The number of fused-ring (bicyclic) bond motifs is 2. The van der Waals surface area contributed by atoms with E-state index in [1.54, 1.807) is 11.3 Å². The smallest absolute Gasteiger partial charge is 0.224 e. The van der Waals surface area contributed by atoms with E-state index >= 15 is 0 Å². The van der Waals surface area contributed by atoms with Gasteiger partial charge in [-0.25, -0.2) is 4.98 Å². The van der Waals surface area contributed by atoms with Crippen LogP contribution in [0.2, 0.25) is 5.02 Å². The van der Waals surface area contributed by atoms with Crippen molar-refractivity contribution in [3.8, 4) is 5.88 Å². The zero-order valence-electron chi connectivity index (χ0n) is 16.1. The molecular formula is C21H21ClN4O2S. The van der Waals surface area contributed by atoms with E-state index in [-0.39, 0.29) is 6.79 Å². The van der Waals surface area contributed by atoms with Crippen LogP contribution in [0.4, 0.5) is 5.82 Å². The Hall–Kier alpha value is -2.19. The highest BCUT2D eigenvalue weighted by Gasteiger charge is 2.19. The highest BCUT2D eigenvalue weighted by molar-refractivity contribution is 7.19. The van der Waals surface area contributed by atoms with Gasteiger partial charge in [-0.15, -0.1) is 11.3 Å². The van der Waals surface area contributed by atoms with Crippen LogP contribution in [-0.4, -0.2) is 61.5 Å². The van der Waals surface area contributed by atoms with E-state index in [9.17, 15) is 0 Å². The van der Waals surface area contributed by atoms with Gasteiger partial charge in [0.2, 0.25) is 5.88 Å². The van der Waals surface area contributed by atoms with Crippen molar-refractivity contribution in [2.24, 2.45) is 0 Å². The number of piperazine rings is 1. The standard InChI is InChI=1S/C21H21ClN4O2S/c1-25-7-9-26(10-8-25)18-6-5-14-11-15(12-27-13-28-20(14)23-18)21-24-19-16(22)3-2-4-17(19)29-21/h2-6,11H,7-10,12-13H2,1H3/b15-11+. The normalized spacial score (nSPS) is 19.8. The summed E-state index contributed by atoms with van der Waals surface area (Å²) in [4.78, 5) is 14.1. The summed E-state index contributed by atoms with van der Waals surface area (Å²) in [6.07, 6.45) is 2.06. The molecule has 0 atom stereocenters. The van der Waals surface area contributed by atoms with Crippen LogP contribution in [-0.2, 0) is 4.74 Å². The number of likely N-dealkylation sites (N-methyl/N-ethyl adjacent to an activating group) is 1. The SMILES string of the molecule is CN1CCN(c2ccc3c(n2)OCOC/C(c2nc4c(Cl)cccc4s2)=C\3)CC1. The van der Waals surface area contributed by atoms with Crippen LogP contribution >= 0.6 is 22.9 Å². The van der Waals surface area contributed by atoms with Crippen molar-refractivity contribution >= 4 is 50.6 Å². The minimum Gasteiger partial charge on any atom is -0.450 e. The monoisotopic (exact) mass is 428 g/mol. The number of benzene rings is 1. The topological polar surface area (TPSA) is 50.7 Å². The zero-order valence-corrected chi connectivity index (χ0v) is 17.7. The summed E-state index contributed by atoms with van der Waals surface area (Å²) >= 11 is 7.92. The van der Waals surface area contributed by atoms with Gasteiger partial charge in [-0.2, -0.15) is 4.98 Å². The van der Waals surface area contributed by atoms with E-state index in [0.29, 0.717) is 17.5 Å². The molecule has 150 valence electrons. The van der Waals surface area contributed by atoms with Crippen LogP contribution < -0.4 is 9.64 Å². The summed E-state index contributed by atoms with van der Waals surface area (Å²) in [7, 11) is 2.15. The molecule has 0 spiro atoms. The highest BCUT2D eigenvalue weighted by atomic mass is 35.5. The van der Waals surface area contributed by atoms with Crippen LogP contribution in [0.3, 0.4) is 0 Å². The lowest BCUT2D eigenvalue weighted by Crippen LogP contribution is -2.44. The summed E-state index contributed by atoms with van der Waals surface area (Å²) in [5.74, 6) is 1.54. The lowest BCUT2D eigenvalue weighted by atomic mass is 10.1. The maximum Gasteiger partial charge on any atom is 0.224 e. The molecule has 4 heterocycles. The molecule has 0 N–H and O–H groups in total. The first-order chi connectivity index (χ1) is 14.2. The summed E-state index contributed by atoms with van der Waals surface area (Å²) in [6, 6.07) is 9.99. The van der Waals surface area contributed by atoms with Gasteiger partial charge in [-0.05, 0) is 37.4 Å². The Morgan fingerprint density at radius 2 is 1.93 bits per heavy atom. The highest BCUT2D eigenvalue weighted by Crippen LogP contribution is 2.34. The summed E-state index contributed by atoms with van der Waals surface area (Å²) in [5.41, 5.74) is 2.77. The molecule has 2 aliphatic rings. The number of halogens is 1. The number of anilines is 1. The van der Waals surface area contributed by atoms with E-state index in [0.717, 1.165) is 58.4 Å². The summed E-state index contributed by atoms with van der Waals surface area (Å²) in [6.45, 7) is 4.59. The quantitative estimate of drug-likeness (QED) is 0.614. The summed E-state index contributed by atoms with van der Waals surface area (Å²) in [5, 5.41) is 1.57. The molecular weight excluding hydrogens is 408 g/mol. The van der Waals surface area contributed by atoms with Crippen LogP contribution in [0, 0.1) is 0 Å². The molecule has 1 aromatic carbocycles. The third-order valence-corrected chi connectivity index (χ3v) is 6.61. The van der Waals surface area contributed by atoms with Gasteiger partial charge in [0.15, 0.2) is 6.79 Å². The molecule has 5 rings (SSSR count). The first-order valence-corrected chi connectivity index (χ1v) is 10.8. The first kappa shape index (κ1) is 18.8. The molecule has 6 nitrogen and oxygen atoms in total. The van der Waals surface area contributed by atoms with Crippen molar-refractivity contribution in [1.29, 1.82) is 0 Å². The molecule has 3 aromatic rings. The number of rotatable bonds is 2. The van der Waals surface area contributed by atoms with E-state index in [1.165, 1.54) is 0 Å². The minimum absolute atomic E-state index is 0.162. The number of hydrogen-bond acceptors (Lipinski definition) is 7. The fourth-order valence-electron chi connectivity index (χ4n) is 3.53. The average Bonchev–Trinajstić information content (AvgIpc) is 3.15. The van der Waals surface area contributed by atoms with Crippen LogP contribution in [0.25, 0.3) is 21.9 Å². The Bertz CT molecular complexity index is 1080. The molecule has 29 heavy (non-hydrogen) atoms. The van der Waals surface area contributed by atoms with Crippen molar-refractivity contribution in [3.05, 3.63) is 45.9 Å². The first-order valence-electron chi connectivity index (χ1n) is 9.58. The second kappa shape index (κ2) is 7.91. The largest absolute Gasteiger partial charge is 0.450 e. The van der Waals surface area contributed by atoms with Crippen molar-refractivity contribution in [2.75, 3.05) is 51.5 Å². The van der Waals surface area contributed by atoms with Gasteiger partial charge in [-0.1, -0.05) is 17.7 Å². The molecule has 0 amide bonds. The van der Waals surface area contributed by atoms with E-state index in [4.69, 9.17) is 31.0 Å². The average molecular weight is 429 g/mol. The maximum atomic E-state index is 6.30. The molecule has 0 bridgehead atoms. The Kier molecular flexibility index (Phi) is 5.13. The lowest BCUT2D eigenvalue weighted by Gasteiger charge is -2.33. The van der Waals surface area contributed by atoms with Gasteiger partial charge in [0.1, 0.15) is 16.3 Å². The van der Waals surface area contributed by atoms with Crippen molar-refractivity contribution in [2.45, 2.75) is 0 Å². The van der Waals surface area contributed by atoms with Gasteiger partial charge in [0, 0.05) is 37.3 Å². The Morgan fingerprint density at radius 1 is 1.07 bits per heavy atom. The molecule has 1 fully saturated rings. The molecule has 0 radical (unpaired) electrons. The lowest BCUT2D eigenvalue weighted by molar-refractivity contribution is 0.0295. The second-order valence-electron chi connectivity index (χ2n) is 7.24. The van der Waals surface area contributed by atoms with Crippen LogP contribution in [0.1, 0.15) is 10.6 Å². The number of aromatic nitrogens is 2. The molecule has 2 aliphatic heterocycles. The number of hydrogen-bond donors (Lipinski definition) is 0. The predicted octanol–water partition coefficient (Wildman–Crippen LogP) is 4.00.